The molecule has 0 spiro atoms. The summed E-state index contributed by atoms with van der Waals surface area (Å²) in [5, 5.41) is 1.95. The maximum Gasteiger partial charge on any atom is 0.341 e. The number of ether oxygens (including phenoxy) is 1. The van der Waals surface area contributed by atoms with Gasteiger partial charge in [0.2, 0.25) is 0 Å². The van der Waals surface area contributed by atoms with Crippen LogP contribution in [0.15, 0.2) is 40.7 Å². The fourth-order valence-corrected chi connectivity index (χ4v) is 5.07. The number of rotatable bonds is 5. The van der Waals surface area contributed by atoms with Gasteiger partial charge in [0.05, 0.1) is 26.9 Å². The highest BCUT2D eigenvalue weighted by atomic mass is 35.5. The third-order valence-electron chi connectivity index (χ3n) is 3.80. The SMILES string of the molecule is CCOC(=O)c1cnc2c(Cl)csc2c1N(C)S(=O)(=O)c1ccc(F)cc1. The first-order chi connectivity index (χ1) is 12.8. The van der Waals surface area contributed by atoms with Gasteiger partial charge in [-0.25, -0.2) is 17.6 Å². The molecule has 0 bridgehead atoms. The van der Waals surface area contributed by atoms with Gasteiger partial charge in [0, 0.05) is 18.6 Å². The maximum atomic E-state index is 13.2. The summed E-state index contributed by atoms with van der Waals surface area (Å²) in [7, 11) is -2.76. The Labute approximate surface area is 164 Å². The van der Waals surface area contributed by atoms with Gasteiger partial charge >= 0.3 is 5.97 Å². The first-order valence-corrected chi connectivity index (χ1v) is 10.4. The minimum Gasteiger partial charge on any atom is -0.462 e. The molecule has 0 amide bonds. The molecule has 0 unspecified atom stereocenters. The van der Waals surface area contributed by atoms with Gasteiger partial charge in [-0.15, -0.1) is 11.3 Å². The third kappa shape index (κ3) is 3.50. The number of esters is 1. The Bertz CT molecular complexity index is 1110. The third-order valence-corrected chi connectivity index (χ3v) is 6.96. The summed E-state index contributed by atoms with van der Waals surface area (Å²) in [5.41, 5.74) is 0.488. The van der Waals surface area contributed by atoms with E-state index in [0.717, 1.165) is 39.9 Å². The summed E-state index contributed by atoms with van der Waals surface area (Å²) in [4.78, 5) is 16.4. The van der Waals surface area contributed by atoms with Crippen LogP contribution in [0.3, 0.4) is 0 Å². The zero-order chi connectivity index (χ0) is 19.8. The summed E-state index contributed by atoms with van der Waals surface area (Å²) in [6.07, 6.45) is 1.24. The van der Waals surface area contributed by atoms with Gasteiger partial charge in [0.15, 0.2) is 0 Å². The molecule has 0 radical (unpaired) electrons. The van der Waals surface area contributed by atoms with Crippen molar-refractivity contribution in [3.8, 4) is 0 Å². The molecule has 0 N–H and O–H groups in total. The molecule has 0 saturated carbocycles. The van der Waals surface area contributed by atoms with Crippen LogP contribution in [0.5, 0.6) is 0 Å². The Morgan fingerprint density at radius 1 is 1.33 bits per heavy atom. The van der Waals surface area contributed by atoms with Gasteiger partial charge < -0.3 is 4.74 Å². The predicted molar refractivity (Wildman–Crippen MR) is 103 cm³/mol. The number of fused-ring (bicyclic) bond motifs is 1. The lowest BCUT2D eigenvalue weighted by Gasteiger charge is -2.22. The Morgan fingerprint density at radius 2 is 2.00 bits per heavy atom. The molecule has 3 rings (SSSR count). The largest absolute Gasteiger partial charge is 0.462 e. The van der Waals surface area contributed by atoms with Gasteiger partial charge in [-0.05, 0) is 31.2 Å². The fourth-order valence-electron chi connectivity index (χ4n) is 2.49. The van der Waals surface area contributed by atoms with Gasteiger partial charge in [0.25, 0.3) is 10.0 Å². The van der Waals surface area contributed by atoms with E-state index in [-0.39, 0.29) is 22.8 Å². The van der Waals surface area contributed by atoms with E-state index in [1.807, 2.05) is 0 Å². The highest BCUT2D eigenvalue weighted by Crippen LogP contribution is 2.39. The highest BCUT2D eigenvalue weighted by molar-refractivity contribution is 7.92. The molecule has 2 heterocycles. The lowest BCUT2D eigenvalue weighted by molar-refractivity contribution is 0.0527. The van der Waals surface area contributed by atoms with Crippen molar-refractivity contribution >= 4 is 54.8 Å². The monoisotopic (exact) mass is 428 g/mol. The smallest absolute Gasteiger partial charge is 0.341 e. The fraction of sp³-hybridized carbons (Fsp3) is 0.176. The van der Waals surface area contributed by atoms with Crippen LogP contribution in [-0.2, 0) is 14.8 Å². The summed E-state index contributed by atoms with van der Waals surface area (Å²) >= 11 is 7.28. The van der Waals surface area contributed by atoms with Crippen molar-refractivity contribution in [3.05, 3.63) is 52.2 Å². The van der Waals surface area contributed by atoms with Gasteiger partial charge in [-0.1, -0.05) is 11.6 Å². The van der Waals surface area contributed by atoms with E-state index >= 15 is 0 Å². The minimum absolute atomic E-state index is 0.00365. The van der Waals surface area contributed by atoms with E-state index in [2.05, 4.69) is 4.98 Å². The topological polar surface area (TPSA) is 76.6 Å². The summed E-state index contributed by atoms with van der Waals surface area (Å²) in [6.45, 7) is 1.76. The van der Waals surface area contributed by atoms with Crippen molar-refractivity contribution in [2.24, 2.45) is 0 Å². The van der Waals surface area contributed by atoms with Crippen molar-refractivity contribution in [3.63, 3.8) is 0 Å². The second kappa shape index (κ2) is 7.41. The standard InChI is InChI=1S/C17H14ClFN2O4S2/c1-3-25-17(22)12-8-20-14-13(18)9-26-16(14)15(12)21(2)27(23,24)11-6-4-10(19)5-7-11/h4-9H,3H2,1-2H3. The lowest BCUT2D eigenvalue weighted by Crippen LogP contribution is -2.28. The molecule has 3 aromatic rings. The molecular formula is C17H14ClFN2O4S2. The van der Waals surface area contributed by atoms with Crippen LogP contribution in [-0.4, -0.2) is 33.0 Å². The van der Waals surface area contributed by atoms with E-state index in [0.29, 0.717) is 15.2 Å². The number of nitrogens with zero attached hydrogens (tertiary/aromatic N) is 2. The Kier molecular flexibility index (Phi) is 5.36. The molecule has 0 aliphatic rings. The van der Waals surface area contributed by atoms with Gasteiger partial charge in [-0.2, -0.15) is 0 Å². The average Bonchev–Trinajstić information content (AvgIpc) is 3.02. The molecular weight excluding hydrogens is 415 g/mol. The van der Waals surface area contributed by atoms with Crippen molar-refractivity contribution in [1.82, 2.24) is 4.98 Å². The highest BCUT2D eigenvalue weighted by Gasteiger charge is 2.29. The minimum atomic E-state index is -4.07. The van der Waals surface area contributed by atoms with Crippen molar-refractivity contribution in [1.29, 1.82) is 0 Å². The molecule has 10 heteroatoms. The normalized spacial score (nSPS) is 11.6. The molecule has 0 aliphatic heterocycles. The number of hydrogen-bond acceptors (Lipinski definition) is 6. The van der Waals surface area contributed by atoms with E-state index in [1.165, 1.54) is 13.2 Å². The molecule has 0 aliphatic carbocycles. The van der Waals surface area contributed by atoms with E-state index in [1.54, 1.807) is 12.3 Å². The van der Waals surface area contributed by atoms with Crippen molar-refractivity contribution < 1.29 is 22.3 Å². The number of carbonyl (C=O) groups excluding carboxylic acids is 1. The van der Waals surface area contributed by atoms with E-state index < -0.39 is 21.8 Å². The molecule has 2 aromatic heterocycles. The molecule has 27 heavy (non-hydrogen) atoms. The van der Waals surface area contributed by atoms with Crippen LogP contribution in [0.4, 0.5) is 10.1 Å². The number of anilines is 1. The van der Waals surface area contributed by atoms with Crippen molar-refractivity contribution in [2.75, 3.05) is 18.0 Å². The molecule has 142 valence electrons. The Morgan fingerprint density at radius 3 is 2.63 bits per heavy atom. The lowest BCUT2D eigenvalue weighted by atomic mass is 10.2. The van der Waals surface area contributed by atoms with Crippen LogP contribution >= 0.6 is 22.9 Å². The first-order valence-electron chi connectivity index (χ1n) is 7.74. The quantitative estimate of drug-likeness (QED) is 0.572. The average molecular weight is 429 g/mol. The van der Waals surface area contributed by atoms with Gasteiger partial charge in [-0.3, -0.25) is 9.29 Å². The molecule has 0 saturated heterocycles. The number of halogens is 2. The molecule has 0 atom stereocenters. The second-order valence-electron chi connectivity index (χ2n) is 5.43. The molecule has 0 fully saturated rings. The number of aromatic nitrogens is 1. The first kappa shape index (κ1) is 19.5. The van der Waals surface area contributed by atoms with Crippen LogP contribution in [0.1, 0.15) is 17.3 Å². The van der Waals surface area contributed by atoms with Crippen LogP contribution in [0.25, 0.3) is 10.2 Å². The van der Waals surface area contributed by atoms with E-state index in [9.17, 15) is 17.6 Å². The maximum absolute atomic E-state index is 13.2. The summed E-state index contributed by atoms with van der Waals surface area (Å²) < 4.78 is 45.7. The Balaban J connectivity index is 2.22. The zero-order valence-electron chi connectivity index (χ0n) is 14.3. The van der Waals surface area contributed by atoms with Crippen LogP contribution in [0, 0.1) is 5.82 Å². The number of carbonyl (C=O) groups is 1. The molecule has 6 nitrogen and oxygen atoms in total. The van der Waals surface area contributed by atoms with Crippen LogP contribution < -0.4 is 4.31 Å². The number of pyridine rings is 1. The van der Waals surface area contributed by atoms with Crippen LogP contribution in [0.2, 0.25) is 5.02 Å². The number of benzene rings is 1. The summed E-state index contributed by atoms with van der Waals surface area (Å²) in [6, 6.07) is 4.42. The number of thiophene rings is 1. The molecule has 1 aromatic carbocycles. The number of hydrogen-bond donors (Lipinski definition) is 0. The summed E-state index contributed by atoms with van der Waals surface area (Å²) in [5.74, 6) is -1.26. The number of sulfonamides is 1. The van der Waals surface area contributed by atoms with Gasteiger partial charge in [0.1, 0.15) is 16.9 Å². The van der Waals surface area contributed by atoms with E-state index in [4.69, 9.17) is 16.3 Å². The predicted octanol–water partition coefficient (Wildman–Crippen LogP) is 4.09. The second-order valence-corrected chi connectivity index (χ2v) is 8.68. The zero-order valence-corrected chi connectivity index (χ0v) is 16.7. The van der Waals surface area contributed by atoms with Crippen molar-refractivity contribution in [2.45, 2.75) is 11.8 Å². The Hall–Kier alpha value is -2.23.